The number of nitroso groups, excluding NO2 is 1. The van der Waals surface area contributed by atoms with E-state index in [9.17, 15) is 4.91 Å². The summed E-state index contributed by atoms with van der Waals surface area (Å²) in [5.41, 5.74) is 1.60. The first-order valence-electron chi connectivity index (χ1n) is 9.13. The molecule has 4 atom stereocenters. The van der Waals surface area contributed by atoms with Crippen molar-refractivity contribution >= 4 is 0 Å². The van der Waals surface area contributed by atoms with Gasteiger partial charge in [-0.3, -0.25) is 0 Å². The summed E-state index contributed by atoms with van der Waals surface area (Å²) in [4.78, 5) is 10.2. The van der Waals surface area contributed by atoms with E-state index < -0.39 is 0 Å². The molecule has 0 bridgehead atoms. The Bertz CT molecular complexity index is 342. The summed E-state index contributed by atoms with van der Waals surface area (Å²) in [6.07, 6.45) is 10.6. The van der Waals surface area contributed by atoms with Crippen LogP contribution >= 0.6 is 0 Å². The summed E-state index contributed by atoms with van der Waals surface area (Å²) in [6, 6.07) is 0. The Morgan fingerprint density at radius 3 is 2.68 bits per heavy atom. The van der Waals surface area contributed by atoms with Gasteiger partial charge >= 0.3 is 143 Å². The molecule has 0 aromatic carbocycles. The molecule has 1 fully saturated rings. The SMILES string of the molecule is CC/C(C)=C\[I-][C@@H]1C[C@@H]1CCCC[C@@H](C)CC(C)CCN=O. The summed E-state index contributed by atoms with van der Waals surface area (Å²) < 4.78 is 3.68. The molecule has 130 valence electrons. The maximum absolute atomic E-state index is 10.2. The summed E-state index contributed by atoms with van der Waals surface area (Å²) in [7, 11) is 0. The van der Waals surface area contributed by atoms with Crippen LogP contribution in [0.1, 0.15) is 79.1 Å². The van der Waals surface area contributed by atoms with Gasteiger partial charge in [0.2, 0.25) is 0 Å². The van der Waals surface area contributed by atoms with Gasteiger partial charge in [0.1, 0.15) is 0 Å². The van der Waals surface area contributed by atoms with Crippen molar-refractivity contribution in [2.45, 2.75) is 83.0 Å². The molecule has 0 aromatic rings. The van der Waals surface area contributed by atoms with Crippen molar-refractivity contribution in [1.82, 2.24) is 0 Å². The van der Waals surface area contributed by atoms with Gasteiger partial charge in [0.25, 0.3) is 0 Å². The fraction of sp³-hybridized carbons (Fsp3) is 0.895. The normalized spacial score (nSPS) is 24.3. The first-order valence-corrected chi connectivity index (χ1v) is 11.6. The minimum Gasteiger partial charge on any atom is -0.151 e. The fourth-order valence-corrected chi connectivity index (χ4v) is 6.43. The summed E-state index contributed by atoms with van der Waals surface area (Å²) in [5.74, 6) is 2.53. The van der Waals surface area contributed by atoms with E-state index in [1.165, 1.54) is 44.9 Å². The van der Waals surface area contributed by atoms with Crippen molar-refractivity contribution in [3.05, 3.63) is 14.6 Å². The maximum atomic E-state index is 10.2. The van der Waals surface area contributed by atoms with Crippen LogP contribution in [0, 0.1) is 22.7 Å². The van der Waals surface area contributed by atoms with Gasteiger partial charge in [-0.05, 0) is 0 Å². The van der Waals surface area contributed by atoms with Gasteiger partial charge in [-0.25, -0.2) is 0 Å². The summed E-state index contributed by atoms with van der Waals surface area (Å²) in [6.45, 7) is 9.66. The van der Waals surface area contributed by atoms with Crippen LogP contribution < -0.4 is 21.2 Å². The van der Waals surface area contributed by atoms with E-state index in [1.54, 1.807) is 5.57 Å². The van der Waals surface area contributed by atoms with Crippen molar-refractivity contribution < 1.29 is 21.2 Å². The Balaban J connectivity index is 1.99. The van der Waals surface area contributed by atoms with E-state index in [0.29, 0.717) is 33.7 Å². The summed E-state index contributed by atoms with van der Waals surface area (Å²) in [5, 5.41) is 2.97. The smallest absolute Gasteiger partial charge is 0.151 e. The van der Waals surface area contributed by atoms with Gasteiger partial charge in [0.15, 0.2) is 0 Å². The topological polar surface area (TPSA) is 29.4 Å². The number of unbranched alkanes of at least 4 members (excludes halogenated alkanes) is 1. The predicted molar refractivity (Wildman–Crippen MR) is 92.6 cm³/mol. The minimum atomic E-state index is 0.340. The summed E-state index contributed by atoms with van der Waals surface area (Å²) >= 11 is 0.340. The molecular weight excluding hydrogens is 385 g/mol. The average molecular weight is 420 g/mol. The second kappa shape index (κ2) is 11.6. The van der Waals surface area contributed by atoms with Crippen LogP contribution in [0.15, 0.2) is 14.8 Å². The number of hydrogen-bond donors (Lipinski definition) is 0. The zero-order valence-corrected chi connectivity index (χ0v) is 17.1. The number of alkyl halides is 1. The Morgan fingerprint density at radius 1 is 1.27 bits per heavy atom. The second-order valence-electron chi connectivity index (χ2n) is 7.32. The van der Waals surface area contributed by atoms with Crippen molar-refractivity contribution in [1.29, 1.82) is 0 Å². The van der Waals surface area contributed by atoms with Crippen LogP contribution in [0.2, 0.25) is 0 Å². The van der Waals surface area contributed by atoms with Gasteiger partial charge in [-0.1, -0.05) is 0 Å². The van der Waals surface area contributed by atoms with Gasteiger partial charge in [-0.15, -0.1) is 0 Å². The second-order valence-corrected chi connectivity index (χ2v) is 10.3. The van der Waals surface area contributed by atoms with Crippen molar-refractivity contribution in [3.8, 4) is 0 Å². The fourth-order valence-electron chi connectivity index (χ4n) is 3.02. The number of nitrogens with zero attached hydrogens (tertiary/aromatic N) is 1. The van der Waals surface area contributed by atoms with Crippen LogP contribution in [0.3, 0.4) is 0 Å². The van der Waals surface area contributed by atoms with E-state index in [-0.39, 0.29) is 0 Å². The molecule has 3 heteroatoms. The average Bonchev–Trinajstić information content (AvgIpc) is 3.25. The molecule has 0 aliphatic heterocycles. The minimum absolute atomic E-state index is 0.340. The van der Waals surface area contributed by atoms with E-state index in [4.69, 9.17) is 0 Å². The Morgan fingerprint density at radius 2 is 2.00 bits per heavy atom. The van der Waals surface area contributed by atoms with E-state index >= 15 is 0 Å². The van der Waals surface area contributed by atoms with Gasteiger partial charge in [0, 0.05) is 0 Å². The number of allylic oxidation sites excluding steroid dienone is 1. The zero-order chi connectivity index (χ0) is 16.4. The van der Waals surface area contributed by atoms with Gasteiger partial charge in [-0.2, -0.15) is 4.91 Å². The molecule has 2 nitrogen and oxygen atoms in total. The third kappa shape index (κ3) is 9.26. The molecule has 1 saturated carbocycles. The quantitative estimate of drug-likeness (QED) is 0.195. The molecule has 1 unspecified atom stereocenters. The Labute approximate surface area is 148 Å². The molecule has 0 N–H and O–H groups in total. The van der Waals surface area contributed by atoms with E-state index in [0.717, 1.165) is 22.2 Å². The monoisotopic (exact) mass is 420 g/mol. The predicted octanol–water partition coefficient (Wildman–Crippen LogP) is 3.16. The standard InChI is InChI=1S/C19H35INO/c1-5-15(2)14-20-19-13-18(19)9-7-6-8-16(3)12-17(4)10-11-21-22/h14,16-19H,5-13H2,1-4H3/q-1/b15-14-/t16-,17?,18+,19-/m1/s1. The van der Waals surface area contributed by atoms with Crippen LogP contribution in [0.4, 0.5) is 0 Å². The third-order valence-corrected chi connectivity index (χ3v) is 8.72. The van der Waals surface area contributed by atoms with Crippen LogP contribution in [0.5, 0.6) is 0 Å². The van der Waals surface area contributed by atoms with Gasteiger partial charge < -0.3 is 0 Å². The molecular formula is C19H35INO-. The van der Waals surface area contributed by atoms with Crippen LogP contribution in [-0.2, 0) is 0 Å². The number of halogens is 1. The van der Waals surface area contributed by atoms with Gasteiger partial charge in [0.05, 0.1) is 0 Å². The molecule has 0 amide bonds. The van der Waals surface area contributed by atoms with E-state index in [1.807, 2.05) is 0 Å². The molecule has 0 spiro atoms. The van der Waals surface area contributed by atoms with Crippen molar-refractivity contribution in [2.24, 2.45) is 22.9 Å². The third-order valence-electron chi connectivity index (χ3n) is 4.84. The molecule has 0 aromatic heterocycles. The molecule has 1 aliphatic carbocycles. The molecule has 22 heavy (non-hydrogen) atoms. The molecule has 0 radical (unpaired) electrons. The van der Waals surface area contributed by atoms with Crippen molar-refractivity contribution in [2.75, 3.05) is 6.54 Å². The molecule has 1 aliphatic rings. The molecule has 0 heterocycles. The van der Waals surface area contributed by atoms with Crippen LogP contribution in [0.25, 0.3) is 0 Å². The van der Waals surface area contributed by atoms with Crippen molar-refractivity contribution in [3.63, 3.8) is 0 Å². The first-order chi connectivity index (χ1) is 10.6. The number of rotatable bonds is 13. The Kier molecular flexibility index (Phi) is 10.6. The molecule has 1 rings (SSSR count). The Hall–Kier alpha value is 0.0700. The van der Waals surface area contributed by atoms with Crippen LogP contribution in [-0.4, -0.2) is 10.5 Å². The van der Waals surface area contributed by atoms with E-state index in [2.05, 4.69) is 37.0 Å². The zero-order valence-electron chi connectivity index (χ0n) is 15.0. The number of hydrogen-bond acceptors (Lipinski definition) is 2. The molecule has 0 saturated heterocycles. The first kappa shape index (κ1) is 20.1.